The minimum Gasteiger partial charge on any atom is -0.352 e. The molecule has 2 heterocycles. The molecule has 1 aromatic heterocycles. The molecular formula is C23H32N4O3. The molecule has 0 bridgehead atoms. The third kappa shape index (κ3) is 5.90. The number of hydrogen-bond acceptors (Lipinski definition) is 5. The van der Waals surface area contributed by atoms with E-state index in [1.165, 1.54) is 5.56 Å². The van der Waals surface area contributed by atoms with Crippen LogP contribution in [0.1, 0.15) is 70.2 Å². The minimum absolute atomic E-state index is 0.0468. The van der Waals surface area contributed by atoms with Gasteiger partial charge in [-0.3, -0.25) is 9.59 Å². The molecule has 1 saturated heterocycles. The Morgan fingerprint density at radius 3 is 2.70 bits per heavy atom. The number of piperidine rings is 1. The number of hydrogen-bond donors (Lipinski definition) is 1. The fourth-order valence-electron chi connectivity index (χ4n) is 3.71. The van der Waals surface area contributed by atoms with Gasteiger partial charge in [-0.25, -0.2) is 0 Å². The van der Waals surface area contributed by atoms with Crippen molar-refractivity contribution in [1.82, 2.24) is 20.4 Å². The SMILES string of the molecule is CCCC(=O)NC1CCCN(C(=O)CCc2nc(-c3ccc(C(C)C)cc3)no2)C1. The molecule has 30 heavy (non-hydrogen) atoms. The lowest BCUT2D eigenvalue weighted by Crippen LogP contribution is -2.49. The van der Waals surface area contributed by atoms with Gasteiger partial charge in [0.25, 0.3) is 0 Å². The molecule has 1 unspecified atom stereocenters. The summed E-state index contributed by atoms with van der Waals surface area (Å²) < 4.78 is 5.35. The quantitative estimate of drug-likeness (QED) is 0.714. The highest BCUT2D eigenvalue weighted by Crippen LogP contribution is 2.21. The summed E-state index contributed by atoms with van der Waals surface area (Å²) in [5.41, 5.74) is 2.17. The maximum Gasteiger partial charge on any atom is 0.227 e. The van der Waals surface area contributed by atoms with E-state index in [1.54, 1.807) is 0 Å². The molecule has 1 aliphatic rings. The molecule has 7 heteroatoms. The highest BCUT2D eigenvalue weighted by Gasteiger charge is 2.24. The second-order valence-corrected chi connectivity index (χ2v) is 8.28. The summed E-state index contributed by atoms with van der Waals surface area (Å²) in [6, 6.07) is 8.19. The number of carbonyl (C=O) groups excluding carboxylic acids is 2. The van der Waals surface area contributed by atoms with Gasteiger partial charge in [0.05, 0.1) is 0 Å². The first kappa shape index (κ1) is 22.0. The van der Waals surface area contributed by atoms with Crippen LogP contribution in [0.4, 0.5) is 0 Å². The first-order valence-corrected chi connectivity index (χ1v) is 11.0. The van der Waals surface area contributed by atoms with E-state index in [4.69, 9.17) is 4.52 Å². The number of amides is 2. The molecule has 7 nitrogen and oxygen atoms in total. The lowest BCUT2D eigenvalue weighted by atomic mass is 10.0. The predicted molar refractivity (Wildman–Crippen MR) is 115 cm³/mol. The molecular weight excluding hydrogens is 380 g/mol. The van der Waals surface area contributed by atoms with Crippen molar-refractivity contribution in [3.8, 4) is 11.4 Å². The van der Waals surface area contributed by atoms with Crippen molar-refractivity contribution in [2.75, 3.05) is 13.1 Å². The number of rotatable bonds is 8. The molecule has 1 N–H and O–H groups in total. The Morgan fingerprint density at radius 1 is 1.23 bits per heavy atom. The van der Waals surface area contributed by atoms with Crippen LogP contribution in [0.25, 0.3) is 11.4 Å². The van der Waals surface area contributed by atoms with E-state index in [9.17, 15) is 9.59 Å². The lowest BCUT2D eigenvalue weighted by Gasteiger charge is -2.33. The first-order chi connectivity index (χ1) is 14.5. The van der Waals surface area contributed by atoms with Crippen LogP contribution in [-0.4, -0.2) is 46.0 Å². The van der Waals surface area contributed by atoms with Crippen LogP contribution in [0.2, 0.25) is 0 Å². The number of nitrogens with one attached hydrogen (secondary N) is 1. The van der Waals surface area contributed by atoms with Gasteiger partial charge in [0.15, 0.2) is 0 Å². The normalized spacial score (nSPS) is 16.7. The van der Waals surface area contributed by atoms with Crippen LogP contribution < -0.4 is 5.32 Å². The molecule has 3 rings (SSSR count). The van der Waals surface area contributed by atoms with Gasteiger partial charge in [0.2, 0.25) is 23.5 Å². The summed E-state index contributed by atoms with van der Waals surface area (Å²) in [5, 5.41) is 7.09. The average Bonchev–Trinajstić information content (AvgIpc) is 3.21. The maximum absolute atomic E-state index is 12.6. The van der Waals surface area contributed by atoms with Crippen LogP contribution in [0.15, 0.2) is 28.8 Å². The molecule has 2 aromatic rings. The first-order valence-electron chi connectivity index (χ1n) is 11.0. The smallest absolute Gasteiger partial charge is 0.227 e. The van der Waals surface area contributed by atoms with Gasteiger partial charge >= 0.3 is 0 Å². The van der Waals surface area contributed by atoms with Crippen LogP contribution in [0.3, 0.4) is 0 Å². The van der Waals surface area contributed by atoms with Crippen LogP contribution in [0, 0.1) is 0 Å². The summed E-state index contributed by atoms with van der Waals surface area (Å²) in [6.07, 6.45) is 3.92. The summed E-state index contributed by atoms with van der Waals surface area (Å²) in [6.45, 7) is 7.60. The number of likely N-dealkylation sites (tertiary alicyclic amines) is 1. The Kier molecular flexibility index (Phi) is 7.60. The predicted octanol–water partition coefficient (Wildman–Crippen LogP) is 3.70. The highest BCUT2D eigenvalue weighted by atomic mass is 16.5. The summed E-state index contributed by atoms with van der Waals surface area (Å²) in [7, 11) is 0. The van der Waals surface area contributed by atoms with Gasteiger partial charge in [-0.2, -0.15) is 4.98 Å². The van der Waals surface area contributed by atoms with Crippen molar-refractivity contribution in [2.24, 2.45) is 0 Å². The number of benzene rings is 1. The van der Waals surface area contributed by atoms with E-state index < -0.39 is 0 Å². The van der Waals surface area contributed by atoms with Gasteiger partial charge in [-0.1, -0.05) is 50.2 Å². The van der Waals surface area contributed by atoms with Gasteiger partial charge in [-0.05, 0) is 30.7 Å². The molecule has 1 fully saturated rings. The molecule has 0 aliphatic carbocycles. The molecule has 1 aromatic carbocycles. The fraction of sp³-hybridized carbons (Fsp3) is 0.565. The van der Waals surface area contributed by atoms with Crippen LogP contribution in [-0.2, 0) is 16.0 Å². The second kappa shape index (κ2) is 10.4. The largest absolute Gasteiger partial charge is 0.352 e. The van der Waals surface area contributed by atoms with Crippen molar-refractivity contribution in [3.05, 3.63) is 35.7 Å². The van der Waals surface area contributed by atoms with Gasteiger partial charge in [0, 0.05) is 44.0 Å². The van der Waals surface area contributed by atoms with Crippen LogP contribution >= 0.6 is 0 Å². The molecule has 0 saturated carbocycles. The Bertz CT molecular complexity index is 844. The van der Waals surface area contributed by atoms with E-state index in [0.717, 1.165) is 31.4 Å². The van der Waals surface area contributed by atoms with E-state index in [0.29, 0.717) is 43.4 Å². The number of aromatic nitrogens is 2. The molecule has 162 valence electrons. The van der Waals surface area contributed by atoms with E-state index in [1.807, 2.05) is 24.0 Å². The van der Waals surface area contributed by atoms with Gasteiger partial charge < -0.3 is 14.7 Å². The van der Waals surface area contributed by atoms with E-state index in [-0.39, 0.29) is 17.9 Å². The lowest BCUT2D eigenvalue weighted by molar-refractivity contribution is -0.133. The molecule has 0 spiro atoms. The van der Waals surface area contributed by atoms with E-state index >= 15 is 0 Å². The zero-order valence-corrected chi connectivity index (χ0v) is 18.2. The fourth-order valence-corrected chi connectivity index (χ4v) is 3.71. The van der Waals surface area contributed by atoms with E-state index in [2.05, 4.69) is 41.4 Å². The zero-order valence-electron chi connectivity index (χ0n) is 18.2. The summed E-state index contributed by atoms with van der Waals surface area (Å²) in [5.74, 6) is 1.61. The molecule has 0 radical (unpaired) electrons. The van der Waals surface area contributed by atoms with Crippen molar-refractivity contribution in [1.29, 1.82) is 0 Å². The Hall–Kier alpha value is -2.70. The second-order valence-electron chi connectivity index (χ2n) is 8.28. The summed E-state index contributed by atoms with van der Waals surface area (Å²) >= 11 is 0. The van der Waals surface area contributed by atoms with Crippen molar-refractivity contribution >= 4 is 11.8 Å². The number of aryl methyl sites for hydroxylation is 1. The number of carbonyl (C=O) groups is 2. The standard InChI is InChI=1S/C23H32N4O3/c1-4-6-20(28)24-19-7-5-14-27(15-19)22(29)13-12-21-25-23(26-30-21)18-10-8-17(9-11-18)16(2)3/h8-11,16,19H,4-7,12-15H2,1-3H3,(H,24,28). The third-order valence-corrected chi connectivity index (χ3v) is 5.47. The zero-order chi connectivity index (χ0) is 21.5. The topological polar surface area (TPSA) is 88.3 Å². The third-order valence-electron chi connectivity index (χ3n) is 5.47. The Labute approximate surface area is 178 Å². The van der Waals surface area contributed by atoms with Crippen molar-refractivity contribution < 1.29 is 14.1 Å². The highest BCUT2D eigenvalue weighted by molar-refractivity contribution is 5.78. The molecule has 2 amide bonds. The monoisotopic (exact) mass is 412 g/mol. The Balaban J connectivity index is 1.50. The summed E-state index contributed by atoms with van der Waals surface area (Å²) in [4.78, 5) is 30.7. The van der Waals surface area contributed by atoms with Crippen molar-refractivity contribution in [2.45, 2.75) is 71.3 Å². The number of nitrogens with zero attached hydrogens (tertiary/aromatic N) is 3. The van der Waals surface area contributed by atoms with Gasteiger partial charge in [0.1, 0.15) is 0 Å². The van der Waals surface area contributed by atoms with Crippen LogP contribution in [0.5, 0.6) is 0 Å². The van der Waals surface area contributed by atoms with Crippen molar-refractivity contribution in [3.63, 3.8) is 0 Å². The average molecular weight is 413 g/mol. The minimum atomic E-state index is 0.0468. The molecule has 1 atom stereocenters. The Morgan fingerprint density at radius 2 is 2.00 bits per heavy atom. The molecule has 1 aliphatic heterocycles. The van der Waals surface area contributed by atoms with Gasteiger partial charge in [-0.15, -0.1) is 0 Å². The maximum atomic E-state index is 12.6.